The number of nitrogens with zero attached hydrogens (tertiary/aromatic N) is 2. The van der Waals surface area contributed by atoms with E-state index in [0.29, 0.717) is 26.1 Å². The summed E-state index contributed by atoms with van der Waals surface area (Å²) in [7, 11) is 0. The predicted octanol–water partition coefficient (Wildman–Crippen LogP) is 2.95. The lowest BCUT2D eigenvalue weighted by atomic mass is 10.1. The summed E-state index contributed by atoms with van der Waals surface area (Å²) in [5.41, 5.74) is 0.722. The van der Waals surface area contributed by atoms with Crippen molar-refractivity contribution in [3.05, 3.63) is 42.2 Å². The summed E-state index contributed by atoms with van der Waals surface area (Å²) in [6.07, 6.45) is 3.71. The lowest BCUT2D eigenvalue weighted by Gasteiger charge is -2.37. The average molecular weight is 346 g/mol. The first-order chi connectivity index (χ1) is 12.1. The average Bonchev–Trinajstić information content (AvgIpc) is 2.62. The van der Waals surface area contributed by atoms with Crippen LogP contribution in [0.1, 0.15) is 19.3 Å². The number of amides is 4. The highest BCUT2D eigenvalue weighted by molar-refractivity contribution is 5.89. The standard InChI is InChI=1S/C18H23FN4O2/c19-14-6-4-10-22(12-14)18(25)23-11-5-9-16(13-23)21-17(24)20-15-7-2-1-3-8-15/h1-3,6-8,16H,4-5,9-13H2,(H2,20,21,24). The van der Waals surface area contributed by atoms with Crippen LogP contribution in [0.3, 0.4) is 0 Å². The Balaban J connectivity index is 1.51. The fourth-order valence-electron chi connectivity index (χ4n) is 3.21. The minimum atomic E-state index is -0.280. The SMILES string of the molecule is O=C(Nc1ccccc1)NC1CCCN(C(=O)N2CCC=C(F)C2)C1. The van der Waals surface area contributed by atoms with Gasteiger partial charge in [-0.2, -0.15) is 0 Å². The molecule has 1 unspecified atom stereocenters. The van der Waals surface area contributed by atoms with Crippen LogP contribution in [0, 0.1) is 0 Å². The van der Waals surface area contributed by atoms with Crippen LogP contribution in [0.25, 0.3) is 0 Å². The molecule has 25 heavy (non-hydrogen) atoms. The van der Waals surface area contributed by atoms with Crippen molar-refractivity contribution in [3.63, 3.8) is 0 Å². The summed E-state index contributed by atoms with van der Waals surface area (Å²) >= 11 is 0. The second-order valence-electron chi connectivity index (χ2n) is 6.39. The monoisotopic (exact) mass is 346 g/mol. The van der Waals surface area contributed by atoms with Gasteiger partial charge in [0.05, 0.1) is 6.54 Å². The van der Waals surface area contributed by atoms with E-state index in [1.807, 2.05) is 30.3 Å². The molecule has 0 bridgehead atoms. The first-order valence-electron chi connectivity index (χ1n) is 8.63. The van der Waals surface area contributed by atoms with Gasteiger partial charge in [-0.3, -0.25) is 0 Å². The van der Waals surface area contributed by atoms with E-state index in [4.69, 9.17) is 0 Å². The topological polar surface area (TPSA) is 64.7 Å². The van der Waals surface area contributed by atoms with Crippen LogP contribution in [-0.2, 0) is 0 Å². The van der Waals surface area contributed by atoms with Crippen LogP contribution in [0.2, 0.25) is 0 Å². The van der Waals surface area contributed by atoms with E-state index in [2.05, 4.69) is 10.6 Å². The molecule has 2 aliphatic heterocycles. The molecule has 0 aromatic heterocycles. The van der Waals surface area contributed by atoms with Gasteiger partial charge in [-0.15, -0.1) is 0 Å². The fourth-order valence-corrected chi connectivity index (χ4v) is 3.21. The molecule has 0 aliphatic carbocycles. The molecule has 7 heteroatoms. The van der Waals surface area contributed by atoms with Crippen molar-refractivity contribution in [1.29, 1.82) is 0 Å². The quantitative estimate of drug-likeness (QED) is 0.865. The molecule has 1 atom stereocenters. The van der Waals surface area contributed by atoms with Crippen LogP contribution in [0.15, 0.2) is 42.2 Å². The Morgan fingerprint density at radius 2 is 1.92 bits per heavy atom. The molecule has 0 saturated carbocycles. The van der Waals surface area contributed by atoms with Gasteiger partial charge in [0.2, 0.25) is 0 Å². The number of rotatable bonds is 2. The first kappa shape index (κ1) is 17.3. The van der Waals surface area contributed by atoms with E-state index < -0.39 is 0 Å². The third kappa shape index (κ3) is 4.71. The molecule has 4 amide bonds. The van der Waals surface area contributed by atoms with Crippen LogP contribution < -0.4 is 10.6 Å². The fraction of sp³-hybridized carbons (Fsp3) is 0.444. The predicted molar refractivity (Wildman–Crippen MR) is 94.0 cm³/mol. The van der Waals surface area contributed by atoms with E-state index in [1.165, 1.54) is 11.0 Å². The van der Waals surface area contributed by atoms with Gasteiger partial charge in [0.15, 0.2) is 0 Å². The van der Waals surface area contributed by atoms with E-state index in [0.717, 1.165) is 18.5 Å². The van der Waals surface area contributed by atoms with Crippen LogP contribution in [-0.4, -0.2) is 54.1 Å². The van der Waals surface area contributed by atoms with Gasteiger partial charge in [-0.05, 0) is 37.5 Å². The van der Waals surface area contributed by atoms with Gasteiger partial charge >= 0.3 is 12.1 Å². The highest BCUT2D eigenvalue weighted by Gasteiger charge is 2.29. The molecule has 1 fully saturated rings. The lowest BCUT2D eigenvalue weighted by Crippen LogP contribution is -2.54. The highest BCUT2D eigenvalue weighted by atomic mass is 19.1. The smallest absolute Gasteiger partial charge is 0.320 e. The Morgan fingerprint density at radius 1 is 1.12 bits per heavy atom. The number of carbonyl (C=O) groups excluding carboxylic acids is 2. The Hall–Kier alpha value is -2.57. The second-order valence-corrected chi connectivity index (χ2v) is 6.39. The van der Waals surface area contributed by atoms with Crippen molar-refractivity contribution < 1.29 is 14.0 Å². The number of anilines is 1. The molecular weight excluding hydrogens is 323 g/mol. The Morgan fingerprint density at radius 3 is 2.68 bits per heavy atom. The third-order valence-corrected chi connectivity index (χ3v) is 4.44. The van der Waals surface area contributed by atoms with Gasteiger partial charge in [-0.1, -0.05) is 18.2 Å². The maximum absolute atomic E-state index is 13.4. The third-order valence-electron chi connectivity index (χ3n) is 4.44. The molecule has 134 valence electrons. The van der Waals surface area contributed by atoms with Crippen LogP contribution in [0.4, 0.5) is 19.7 Å². The van der Waals surface area contributed by atoms with E-state index >= 15 is 0 Å². The van der Waals surface area contributed by atoms with Crippen molar-refractivity contribution in [3.8, 4) is 0 Å². The molecule has 0 spiro atoms. The maximum Gasteiger partial charge on any atom is 0.320 e. The van der Waals surface area contributed by atoms with Crippen molar-refractivity contribution >= 4 is 17.7 Å². The minimum absolute atomic E-state index is 0.0436. The molecule has 2 heterocycles. The molecular formula is C18H23FN4O2. The Kier molecular flexibility index (Phi) is 5.53. The minimum Gasteiger partial charge on any atom is -0.333 e. The molecule has 1 saturated heterocycles. The number of benzene rings is 1. The maximum atomic E-state index is 13.4. The lowest BCUT2D eigenvalue weighted by molar-refractivity contribution is 0.134. The number of piperidine rings is 1. The van der Waals surface area contributed by atoms with E-state index in [1.54, 1.807) is 4.90 Å². The number of para-hydroxylation sites is 1. The second kappa shape index (κ2) is 8.00. The van der Waals surface area contributed by atoms with Crippen molar-refractivity contribution in [2.45, 2.75) is 25.3 Å². The van der Waals surface area contributed by atoms with E-state index in [-0.39, 0.29) is 30.5 Å². The number of hydrogen-bond donors (Lipinski definition) is 2. The number of likely N-dealkylation sites (tertiary alicyclic amines) is 1. The summed E-state index contributed by atoms with van der Waals surface area (Å²) in [6.45, 7) is 1.67. The zero-order valence-corrected chi connectivity index (χ0v) is 14.1. The number of nitrogens with one attached hydrogen (secondary N) is 2. The summed E-state index contributed by atoms with van der Waals surface area (Å²) in [4.78, 5) is 27.9. The number of urea groups is 2. The van der Waals surface area contributed by atoms with Crippen LogP contribution in [0.5, 0.6) is 0 Å². The van der Waals surface area contributed by atoms with Crippen molar-refractivity contribution in [2.24, 2.45) is 0 Å². The Bertz CT molecular complexity index is 650. The molecule has 3 rings (SSSR count). The summed E-state index contributed by atoms with van der Waals surface area (Å²) in [5.74, 6) is -0.256. The first-order valence-corrected chi connectivity index (χ1v) is 8.63. The summed E-state index contributed by atoms with van der Waals surface area (Å²) in [6, 6.07) is 8.67. The summed E-state index contributed by atoms with van der Waals surface area (Å²) in [5, 5.41) is 5.70. The van der Waals surface area contributed by atoms with Gasteiger partial charge in [0, 0.05) is 31.4 Å². The molecule has 2 aliphatic rings. The van der Waals surface area contributed by atoms with E-state index in [9.17, 15) is 14.0 Å². The molecule has 2 N–H and O–H groups in total. The van der Waals surface area contributed by atoms with Gasteiger partial charge in [0.1, 0.15) is 5.83 Å². The number of hydrogen-bond acceptors (Lipinski definition) is 2. The molecule has 6 nitrogen and oxygen atoms in total. The largest absolute Gasteiger partial charge is 0.333 e. The zero-order chi connectivity index (χ0) is 17.6. The zero-order valence-electron chi connectivity index (χ0n) is 14.1. The molecule has 1 aromatic carbocycles. The number of carbonyl (C=O) groups is 2. The summed E-state index contributed by atoms with van der Waals surface area (Å²) < 4.78 is 13.4. The van der Waals surface area contributed by atoms with Crippen LogP contribution >= 0.6 is 0 Å². The number of halogens is 1. The molecule has 1 aromatic rings. The van der Waals surface area contributed by atoms with Crippen molar-refractivity contribution in [1.82, 2.24) is 15.1 Å². The highest BCUT2D eigenvalue weighted by Crippen LogP contribution is 2.17. The van der Waals surface area contributed by atoms with Gasteiger partial charge < -0.3 is 20.4 Å². The van der Waals surface area contributed by atoms with Gasteiger partial charge in [-0.25, -0.2) is 14.0 Å². The normalized spacial score (nSPS) is 20.7. The Labute approximate surface area is 146 Å². The van der Waals surface area contributed by atoms with Crippen molar-refractivity contribution in [2.75, 3.05) is 31.5 Å². The molecule has 0 radical (unpaired) electrons. The van der Waals surface area contributed by atoms with Gasteiger partial charge in [0.25, 0.3) is 0 Å².